The fraction of sp³-hybridized carbons (Fsp3) is 0.118. The molecule has 3 rings (SSSR count). The molecule has 1 aromatic heterocycles. The molecule has 2 aromatic carbocycles. The highest BCUT2D eigenvalue weighted by molar-refractivity contribution is 6.31. The Balaban J connectivity index is 2.05. The maximum atomic E-state index is 6.05. The van der Waals surface area contributed by atoms with Crippen molar-refractivity contribution in [3.63, 3.8) is 0 Å². The molecule has 3 nitrogen and oxygen atoms in total. The maximum Gasteiger partial charge on any atom is 0.114 e. The largest absolute Gasteiger partial charge is 0.399 e. The molecular formula is C17H16ClN3. The SMILES string of the molecule is C=CCn1c(Cc2ccc(N)cc2)nc2cc(Cl)ccc21. The van der Waals surface area contributed by atoms with Gasteiger partial charge in [0.1, 0.15) is 5.82 Å². The zero-order chi connectivity index (χ0) is 14.8. The molecule has 0 atom stereocenters. The number of benzene rings is 2. The quantitative estimate of drug-likeness (QED) is 0.583. The first-order valence-electron chi connectivity index (χ1n) is 6.77. The third-order valence-corrected chi connectivity index (χ3v) is 3.68. The molecule has 106 valence electrons. The van der Waals surface area contributed by atoms with Crippen molar-refractivity contribution in [2.24, 2.45) is 0 Å². The number of allylic oxidation sites excluding steroid dienone is 1. The number of imidazole rings is 1. The Bertz CT molecular complexity index is 788. The van der Waals surface area contributed by atoms with Gasteiger partial charge in [0.25, 0.3) is 0 Å². The number of fused-ring (bicyclic) bond motifs is 1. The van der Waals surface area contributed by atoms with Crippen LogP contribution in [0.15, 0.2) is 55.1 Å². The van der Waals surface area contributed by atoms with Crippen LogP contribution in [0.3, 0.4) is 0 Å². The molecule has 1 heterocycles. The number of nitrogen functional groups attached to an aromatic ring is 1. The van der Waals surface area contributed by atoms with E-state index in [1.807, 2.05) is 48.5 Å². The number of aromatic nitrogens is 2. The van der Waals surface area contributed by atoms with Crippen molar-refractivity contribution < 1.29 is 0 Å². The van der Waals surface area contributed by atoms with Crippen molar-refractivity contribution in [3.05, 3.63) is 71.5 Å². The van der Waals surface area contributed by atoms with Crippen LogP contribution < -0.4 is 5.73 Å². The van der Waals surface area contributed by atoms with Gasteiger partial charge in [-0.15, -0.1) is 6.58 Å². The Hall–Kier alpha value is -2.26. The van der Waals surface area contributed by atoms with Crippen LogP contribution in [0.4, 0.5) is 5.69 Å². The smallest absolute Gasteiger partial charge is 0.114 e. The number of nitrogens with zero attached hydrogens (tertiary/aromatic N) is 2. The minimum absolute atomic E-state index is 0.699. The summed E-state index contributed by atoms with van der Waals surface area (Å²) < 4.78 is 2.16. The second-order valence-electron chi connectivity index (χ2n) is 4.98. The molecule has 0 saturated carbocycles. The minimum atomic E-state index is 0.699. The van der Waals surface area contributed by atoms with E-state index in [4.69, 9.17) is 22.3 Å². The molecule has 0 amide bonds. The van der Waals surface area contributed by atoms with Crippen molar-refractivity contribution in [2.75, 3.05) is 5.73 Å². The summed E-state index contributed by atoms with van der Waals surface area (Å²) in [4.78, 5) is 4.71. The van der Waals surface area contributed by atoms with Crippen LogP contribution in [-0.2, 0) is 13.0 Å². The first-order valence-corrected chi connectivity index (χ1v) is 7.15. The number of halogens is 1. The van der Waals surface area contributed by atoms with Crippen LogP contribution in [0.1, 0.15) is 11.4 Å². The highest BCUT2D eigenvalue weighted by Gasteiger charge is 2.10. The predicted molar refractivity (Wildman–Crippen MR) is 88.6 cm³/mol. The summed E-state index contributed by atoms with van der Waals surface area (Å²) in [5.41, 5.74) is 9.66. The maximum absolute atomic E-state index is 6.05. The van der Waals surface area contributed by atoms with Crippen LogP contribution in [0.25, 0.3) is 11.0 Å². The summed E-state index contributed by atoms with van der Waals surface area (Å²) in [6, 6.07) is 13.7. The monoisotopic (exact) mass is 297 g/mol. The molecule has 0 aliphatic heterocycles. The van der Waals surface area contributed by atoms with Gasteiger partial charge in [-0.2, -0.15) is 0 Å². The third-order valence-electron chi connectivity index (χ3n) is 3.44. The molecular weight excluding hydrogens is 282 g/mol. The van der Waals surface area contributed by atoms with E-state index in [2.05, 4.69) is 11.1 Å². The fourth-order valence-electron chi connectivity index (χ4n) is 2.44. The van der Waals surface area contributed by atoms with Crippen molar-refractivity contribution in [2.45, 2.75) is 13.0 Å². The summed E-state index contributed by atoms with van der Waals surface area (Å²) >= 11 is 6.05. The summed E-state index contributed by atoms with van der Waals surface area (Å²) in [5, 5.41) is 0.699. The Morgan fingerprint density at radius 2 is 1.95 bits per heavy atom. The van der Waals surface area contributed by atoms with Gasteiger partial charge in [-0.1, -0.05) is 29.8 Å². The van der Waals surface area contributed by atoms with Crippen LogP contribution in [0, 0.1) is 0 Å². The van der Waals surface area contributed by atoms with E-state index in [0.717, 1.165) is 35.5 Å². The van der Waals surface area contributed by atoms with E-state index in [1.165, 1.54) is 5.56 Å². The lowest BCUT2D eigenvalue weighted by Crippen LogP contribution is -2.03. The van der Waals surface area contributed by atoms with Gasteiger partial charge in [0.2, 0.25) is 0 Å². The lowest BCUT2D eigenvalue weighted by molar-refractivity contribution is 0.780. The molecule has 0 saturated heterocycles. The van der Waals surface area contributed by atoms with Gasteiger partial charge in [-0.05, 0) is 35.9 Å². The van der Waals surface area contributed by atoms with E-state index in [1.54, 1.807) is 0 Å². The number of nitrogens with two attached hydrogens (primary N) is 1. The van der Waals surface area contributed by atoms with E-state index in [-0.39, 0.29) is 0 Å². The normalized spacial score (nSPS) is 10.9. The Morgan fingerprint density at radius 3 is 2.67 bits per heavy atom. The Morgan fingerprint density at radius 1 is 1.19 bits per heavy atom. The first kappa shape index (κ1) is 13.7. The number of hydrogen-bond donors (Lipinski definition) is 1. The molecule has 2 N–H and O–H groups in total. The first-order chi connectivity index (χ1) is 10.2. The molecule has 0 fully saturated rings. The summed E-state index contributed by atoms with van der Waals surface area (Å²) in [6.45, 7) is 4.55. The zero-order valence-electron chi connectivity index (χ0n) is 11.6. The second-order valence-corrected chi connectivity index (χ2v) is 5.42. The van der Waals surface area contributed by atoms with Crippen molar-refractivity contribution in [3.8, 4) is 0 Å². The molecule has 21 heavy (non-hydrogen) atoms. The minimum Gasteiger partial charge on any atom is -0.399 e. The standard InChI is InChI=1S/C17H16ClN3/c1-2-9-21-16-8-5-13(18)11-15(16)20-17(21)10-12-3-6-14(19)7-4-12/h2-8,11H,1,9-10,19H2. The second kappa shape index (κ2) is 5.62. The summed E-state index contributed by atoms with van der Waals surface area (Å²) in [7, 11) is 0. The van der Waals surface area contributed by atoms with E-state index >= 15 is 0 Å². The van der Waals surface area contributed by atoms with Gasteiger partial charge in [-0.3, -0.25) is 0 Å². The number of hydrogen-bond acceptors (Lipinski definition) is 2. The Kier molecular flexibility index (Phi) is 3.67. The molecule has 0 bridgehead atoms. The average Bonchev–Trinajstić information content (AvgIpc) is 2.79. The zero-order valence-corrected chi connectivity index (χ0v) is 12.3. The Labute approximate surface area is 128 Å². The molecule has 0 aliphatic carbocycles. The fourth-order valence-corrected chi connectivity index (χ4v) is 2.61. The number of rotatable bonds is 4. The molecule has 0 aliphatic rings. The van der Waals surface area contributed by atoms with Crippen LogP contribution in [0.5, 0.6) is 0 Å². The van der Waals surface area contributed by atoms with Crippen molar-refractivity contribution in [1.29, 1.82) is 0 Å². The molecule has 0 unspecified atom stereocenters. The van der Waals surface area contributed by atoms with Gasteiger partial charge in [0.15, 0.2) is 0 Å². The van der Waals surface area contributed by atoms with Gasteiger partial charge in [0.05, 0.1) is 11.0 Å². The topological polar surface area (TPSA) is 43.8 Å². The molecule has 0 spiro atoms. The predicted octanol–water partition coefficient (Wildman–Crippen LogP) is 4.05. The van der Waals surface area contributed by atoms with E-state index in [9.17, 15) is 0 Å². The lowest BCUT2D eigenvalue weighted by Gasteiger charge is -2.07. The van der Waals surface area contributed by atoms with Crippen LogP contribution in [-0.4, -0.2) is 9.55 Å². The summed E-state index contributed by atoms with van der Waals surface area (Å²) in [6.07, 6.45) is 2.63. The van der Waals surface area contributed by atoms with Crippen LogP contribution in [0.2, 0.25) is 5.02 Å². The van der Waals surface area contributed by atoms with E-state index < -0.39 is 0 Å². The van der Waals surface area contributed by atoms with Gasteiger partial charge in [0, 0.05) is 23.7 Å². The van der Waals surface area contributed by atoms with Gasteiger partial charge >= 0.3 is 0 Å². The third kappa shape index (κ3) is 2.78. The molecule has 0 radical (unpaired) electrons. The van der Waals surface area contributed by atoms with Crippen molar-refractivity contribution >= 4 is 28.3 Å². The molecule has 3 aromatic rings. The molecule has 4 heteroatoms. The highest BCUT2D eigenvalue weighted by atomic mass is 35.5. The summed E-state index contributed by atoms with van der Waals surface area (Å²) in [5.74, 6) is 0.997. The van der Waals surface area contributed by atoms with Gasteiger partial charge < -0.3 is 10.3 Å². The number of anilines is 1. The lowest BCUT2D eigenvalue weighted by atomic mass is 10.1. The van der Waals surface area contributed by atoms with Crippen molar-refractivity contribution in [1.82, 2.24) is 9.55 Å². The highest BCUT2D eigenvalue weighted by Crippen LogP contribution is 2.22. The van der Waals surface area contributed by atoms with Crippen LogP contribution >= 0.6 is 11.6 Å². The average molecular weight is 298 g/mol. The van der Waals surface area contributed by atoms with Gasteiger partial charge in [-0.25, -0.2) is 4.98 Å². The van der Waals surface area contributed by atoms with E-state index in [0.29, 0.717) is 5.02 Å².